The van der Waals surface area contributed by atoms with Crippen LogP contribution in [0.25, 0.3) is 0 Å². The second-order valence-corrected chi connectivity index (χ2v) is 4.08. The summed E-state index contributed by atoms with van der Waals surface area (Å²) in [5.41, 5.74) is 0.726. The van der Waals surface area contributed by atoms with E-state index in [1.165, 1.54) is 36.2 Å². The fraction of sp³-hybridized carbons (Fsp3) is 0.154. The summed E-state index contributed by atoms with van der Waals surface area (Å²) in [7, 11) is 3.14. The lowest BCUT2D eigenvalue weighted by atomic mass is 10.2. The highest BCUT2D eigenvalue weighted by atomic mass is 16.5. The lowest BCUT2D eigenvalue weighted by Gasteiger charge is -2.10. The number of ether oxygens (including phenoxy) is 1. The van der Waals surface area contributed by atoms with Crippen LogP contribution in [0.1, 0.15) is 20.7 Å². The van der Waals surface area contributed by atoms with Crippen LogP contribution in [-0.4, -0.2) is 33.9 Å². The number of benzene rings is 1. The van der Waals surface area contributed by atoms with E-state index in [-0.39, 0.29) is 11.5 Å². The Kier molecular flexibility index (Phi) is 3.69. The lowest BCUT2D eigenvalue weighted by Crippen LogP contribution is -2.12. The molecule has 1 amide bonds. The third kappa shape index (κ3) is 2.77. The molecule has 20 heavy (non-hydrogen) atoms. The summed E-state index contributed by atoms with van der Waals surface area (Å²) in [6.45, 7) is 0. The molecule has 0 unspecified atom stereocenters. The number of nitrogens with zero attached hydrogens (tertiary/aromatic N) is 2. The zero-order valence-corrected chi connectivity index (χ0v) is 11.0. The third-order valence-electron chi connectivity index (χ3n) is 2.66. The van der Waals surface area contributed by atoms with Gasteiger partial charge in [-0.1, -0.05) is 0 Å². The highest BCUT2D eigenvalue weighted by molar-refractivity contribution is 6.05. The normalized spacial score (nSPS) is 10.1. The fourth-order valence-corrected chi connectivity index (χ4v) is 1.67. The number of carboxylic acids is 1. The summed E-state index contributed by atoms with van der Waals surface area (Å²) in [5.74, 6) is -1.09. The van der Waals surface area contributed by atoms with Crippen molar-refractivity contribution in [1.29, 1.82) is 0 Å². The number of hydrogen-bond donors (Lipinski definition) is 2. The fourth-order valence-electron chi connectivity index (χ4n) is 1.67. The smallest absolute Gasteiger partial charge is 0.335 e. The predicted molar refractivity (Wildman–Crippen MR) is 71.1 cm³/mol. The van der Waals surface area contributed by atoms with Crippen molar-refractivity contribution in [2.24, 2.45) is 7.05 Å². The summed E-state index contributed by atoms with van der Waals surface area (Å²) < 4.78 is 6.59. The Morgan fingerprint density at radius 1 is 1.35 bits per heavy atom. The van der Waals surface area contributed by atoms with Gasteiger partial charge in [0.1, 0.15) is 5.75 Å². The minimum Gasteiger partial charge on any atom is -0.495 e. The summed E-state index contributed by atoms with van der Waals surface area (Å²) in [5, 5.41) is 15.5. The van der Waals surface area contributed by atoms with Crippen LogP contribution in [0.4, 0.5) is 5.69 Å². The Bertz CT molecular complexity index is 663. The lowest BCUT2D eigenvalue weighted by molar-refractivity contribution is 0.0696. The number of anilines is 1. The number of amides is 1. The first-order chi connectivity index (χ1) is 9.51. The molecule has 2 N–H and O–H groups in total. The van der Waals surface area contributed by atoms with E-state index in [1.54, 1.807) is 13.2 Å². The molecule has 0 aliphatic carbocycles. The summed E-state index contributed by atoms with van der Waals surface area (Å²) in [6, 6.07) is 4.23. The van der Waals surface area contributed by atoms with Crippen molar-refractivity contribution in [3.8, 4) is 5.75 Å². The number of aryl methyl sites for hydroxylation is 1. The molecule has 2 aromatic rings. The first-order valence-electron chi connectivity index (χ1n) is 5.72. The zero-order valence-electron chi connectivity index (χ0n) is 11.0. The minimum atomic E-state index is -1.08. The van der Waals surface area contributed by atoms with Gasteiger partial charge in [-0.05, 0) is 18.2 Å². The van der Waals surface area contributed by atoms with E-state index in [1.807, 2.05) is 0 Å². The van der Waals surface area contributed by atoms with E-state index in [0.717, 1.165) is 0 Å². The molecule has 0 radical (unpaired) electrons. The average molecular weight is 275 g/mol. The van der Waals surface area contributed by atoms with Gasteiger partial charge < -0.3 is 15.2 Å². The Labute approximate surface area is 114 Å². The monoisotopic (exact) mass is 275 g/mol. The Hall–Kier alpha value is -2.83. The van der Waals surface area contributed by atoms with Gasteiger partial charge in [-0.2, -0.15) is 5.10 Å². The van der Waals surface area contributed by atoms with Crippen LogP contribution in [0, 0.1) is 0 Å². The number of aromatic carboxylic acids is 1. The van der Waals surface area contributed by atoms with Gasteiger partial charge in [-0.3, -0.25) is 9.48 Å². The van der Waals surface area contributed by atoms with E-state index >= 15 is 0 Å². The molecular weight excluding hydrogens is 262 g/mol. The molecule has 1 aromatic carbocycles. The quantitative estimate of drug-likeness (QED) is 0.879. The molecule has 0 saturated carbocycles. The molecule has 0 aliphatic heterocycles. The van der Waals surface area contributed by atoms with Crippen molar-refractivity contribution in [2.75, 3.05) is 12.4 Å². The maximum atomic E-state index is 12.0. The van der Waals surface area contributed by atoms with Crippen LogP contribution < -0.4 is 10.1 Å². The van der Waals surface area contributed by atoms with Gasteiger partial charge in [-0.25, -0.2) is 4.79 Å². The first-order valence-corrected chi connectivity index (χ1v) is 5.72. The molecular formula is C13H13N3O4. The van der Waals surface area contributed by atoms with E-state index in [0.29, 0.717) is 17.0 Å². The highest BCUT2D eigenvalue weighted by Gasteiger charge is 2.13. The Balaban J connectivity index is 2.29. The number of carbonyl (C=O) groups is 2. The van der Waals surface area contributed by atoms with Gasteiger partial charge in [0.05, 0.1) is 30.1 Å². The Morgan fingerprint density at radius 2 is 2.10 bits per heavy atom. The van der Waals surface area contributed by atoms with E-state index in [4.69, 9.17) is 9.84 Å². The molecule has 1 aromatic heterocycles. The second kappa shape index (κ2) is 5.43. The van der Waals surface area contributed by atoms with Crippen molar-refractivity contribution in [2.45, 2.75) is 0 Å². The highest BCUT2D eigenvalue weighted by Crippen LogP contribution is 2.26. The van der Waals surface area contributed by atoms with Crippen LogP contribution in [-0.2, 0) is 7.05 Å². The molecule has 0 saturated heterocycles. The molecule has 0 spiro atoms. The van der Waals surface area contributed by atoms with Crippen LogP contribution in [0.15, 0.2) is 30.6 Å². The molecule has 7 nitrogen and oxygen atoms in total. The van der Waals surface area contributed by atoms with E-state index < -0.39 is 5.97 Å². The Morgan fingerprint density at radius 3 is 2.65 bits per heavy atom. The molecule has 2 rings (SSSR count). The largest absolute Gasteiger partial charge is 0.495 e. The molecule has 0 atom stereocenters. The zero-order chi connectivity index (χ0) is 14.7. The maximum Gasteiger partial charge on any atom is 0.335 e. The summed E-state index contributed by atoms with van der Waals surface area (Å²) in [4.78, 5) is 23.0. The molecule has 104 valence electrons. The number of hydrogen-bond acceptors (Lipinski definition) is 4. The van der Waals surface area contributed by atoms with E-state index in [9.17, 15) is 9.59 Å². The number of carbonyl (C=O) groups excluding carboxylic acids is 1. The molecule has 0 fully saturated rings. The molecule has 0 aliphatic rings. The number of nitrogens with one attached hydrogen (secondary N) is 1. The third-order valence-corrected chi connectivity index (χ3v) is 2.66. The standard InChI is InChI=1S/C13H13N3O4/c1-16-7-9(6-14-16)12(17)15-10-5-8(13(18)19)3-4-11(10)20-2/h3-7H,1-2H3,(H,15,17)(H,18,19). The topological polar surface area (TPSA) is 93.4 Å². The van der Waals surface area contributed by atoms with E-state index in [2.05, 4.69) is 10.4 Å². The summed E-state index contributed by atoms with van der Waals surface area (Å²) >= 11 is 0. The van der Waals surface area contributed by atoms with Crippen molar-refractivity contribution in [3.05, 3.63) is 41.7 Å². The van der Waals surface area contributed by atoms with Gasteiger partial charge in [0, 0.05) is 13.2 Å². The average Bonchev–Trinajstić information content (AvgIpc) is 2.85. The van der Waals surface area contributed by atoms with Gasteiger partial charge in [0.2, 0.25) is 0 Å². The van der Waals surface area contributed by atoms with Crippen LogP contribution >= 0.6 is 0 Å². The number of carboxylic acid groups (broad SMARTS) is 1. The van der Waals surface area contributed by atoms with Gasteiger partial charge in [-0.15, -0.1) is 0 Å². The van der Waals surface area contributed by atoms with Crippen molar-refractivity contribution in [3.63, 3.8) is 0 Å². The van der Waals surface area contributed by atoms with Crippen LogP contribution in [0.5, 0.6) is 5.75 Å². The maximum absolute atomic E-state index is 12.0. The molecule has 1 heterocycles. The molecule has 0 bridgehead atoms. The SMILES string of the molecule is COc1ccc(C(=O)O)cc1NC(=O)c1cnn(C)c1. The second-order valence-electron chi connectivity index (χ2n) is 4.08. The van der Waals surface area contributed by atoms with Gasteiger partial charge >= 0.3 is 5.97 Å². The van der Waals surface area contributed by atoms with Crippen molar-refractivity contribution >= 4 is 17.6 Å². The number of rotatable bonds is 4. The van der Waals surface area contributed by atoms with Crippen molar-refractivity contribution < 1.29 is 19.4 Å². The van der Waals surface area contributed by atoms with Crippen molar-refractivity contribution in [1.82, 2.24) is 9.78 Å². The summed E-state index contributed by atoms with van der Waals surface area (Å²) in [6.07, 6.45) is 2.98. The van der Waals surface area contributed by atoms with Crippen LogP contribution in [0.2, 0.25) is 0 Å². The van der Waals surface area contributed by atoms with Gasteiger partial charge in [0.25, 0.3) is 5.91 Å². The number of aromatic nitrogens is 2. The number of methoxy groups -OCH3 is 1. The first kappa shape index (κ1) is 13.6. The predicted octanol–water partition coefficient (Wildman–Crippen LogP) is 1.38. The van der Waals surface area contributed by atoms with Crippen LogP contribution in [0.3, 0.4) is 0 Å². The minimum absolute atomic E-state index is 0.0623. The molecule has 7 heteroatoms. The van der Waals surface area contributed by atoms with Gasteiger partial charge in [0.15, 0.2) is 0 Å².